The van der Waals surface area contributed by atoms with Crippen molar-refractivity contribution in [3.05, 3.63) is 22.6 Å². The minimum Gasteiger partial charge on any atom is -0.468 e. The highest BCUT2D eigenvalue weighted by Crippen LogP contribution is 2.13. The zero-order valence-electron chi connectivity index (χ0n) is 5.34. The number of nitrogens with two attached hydrogens (primary N) is 1. The molecule has 0 spiro atoms. The molecule has 1 rings (SSSR count). The van der Waals surface area contributed by atoms with Gasteiger partial charge in [-0.15, -0.1) is 0 Å². The molecule has 0 saturated heterocycles. The minimum absolute atomic E-state index is 0.486. The summed E-state index contributed by atoms with van der Waals surface area (Å²) in [7, 11) is 0. The van der Waals surface area contributed by atoms with Crippen LogP contribution < -0.4 is 5.90 Å². The molecule has 0 aliphatic rings. The van der Waals surface area contributed by atoms with Crippen LogP contribution in [0.2, 0.25) is 0 Å². The van der Waals surface area contributed by atoms with Crippen LogP contribution >= 0.6 is 15.9 Å². The second kappa shape index (κ2) is 3.75. The molecular formula is C6H8BrNO2. The second-order valence-electron chi connectivity index (χ2n) is 1.85. The fourth-order valence-electron chi connectivity index (χ4n) is 0.644. The average Bonchev–Trinajstić information content (AvgIpc) is 2.31. The Hall–Kier alpha value is -0.320. The van der Waals surface area contributed by atoms with Crippen molar-refractivity contribution in [2.75, 3.05) is 6.61 Å². The van der Waals surface area contributed by atoms with E-state index in [9.17, 15) is 0 Å². The van der Waals surface area contributed by atoms with Gasteiger partial charge in [0, 0.05) is 6.42 Å². The maximum atomic E-state index is 5.08. The van der Waals surface area contributed by atoms with Gasteiger partial charge in [0.25, 0.3) is 0 Å². The molecule has 0 bridgehead atoms. The normalized spacial score (nSPS) is 10.2. The van der Waals surface area contributed by atoms with Crippen LogP contribution in [0.1, 0.15) is 5.76 Å². The van der Waals surface area contributed by atoms with Crippen LogP contribution in [0.25, 0.3) is 0 Å². The van der Waals surface area contributed by atoms with Crippen LogP contribution in [-0.2, 0) is 11.3 Å². The summed E-state index contributed by atoms with van der Waals surface area (Å²) < 4.78 is 6.03. The molecular weight excluding hydrogens is 198 g/mol. The summed E-state index contributed by atoms with van der Waals surface area (Å²) in [6.45, 7) is 0.486. The first-order valence-corrected chi connectivity index (χ1v) is 3.67. The molecule has 10 heavy (non-hydrogen) atoms. The van der Waals surface area contributed by atoms with Crippen molar-refractivity contribution in [2.45, 2.75) is 6.42 Å². The smallest absolute Gasteiger partial charge is 0.107 e. The van der Waals surface area contributed by atoms with Crippen molar-refractivity contribution in [1.82, 2.24) is 0 Å². The Bertz CT molecular complexity index is 199. The zero-order chi connectivity index (χ0) is 7.40. The highest BCUT2D eigenvalue weighted by Gasteiger charge is 1.97. The molecule has 0 unspecified atom stereocenters. The summed E-state index contributed by atoms with van der Waals surface area (Å²) in [5.74, 6) is 5.70. The summed E-state index contributed by atoms with van der Waals surface area (Å²) >= 11 is 3.26. The van der Waals surface area contributed by atoms with Gasteiger partial charge in [-0.25, -0.2) is 5.90 Å². The van der Waals surface area contributed by atoms with Gasteiger partial charge in [0.1, 0.15) is 12.0 Å². The Balaban J connectivity index is 2.42. The standard InChI is InChI=1S/C6H8BrNO2/c7-5-3-6(9-4-5)1-2-10-8/h3-4H,1-2,8H2. The van der Waals surface area contributed by atoms with Crippen LogP contribution in [0.4, 0.5) is 0 Å². The first-order chi connectivity index (χ1) is 4.83. The molecule has 56 valence electrons. The Kier molecular flexibility index (Phi) is 2.92. The van der Waals surface area contributed by atoms with Gasteiger partial charge in [-0.3, -0.25) is 0 Å². The van der Waals surface area contributed by atoms with E-state index in [1.807, 2.05) is 6.07 Å². The quantitative estimate of drug-likeness (QED) is 0.761. The van der Waals surface area contributed by atoms with Crippen LogP contribution in [0.15, 0.2) is 21.2 Å². The van der Waals surface area contributed by atoms with Gasteiger partial charge in [0.2, 0.25) is 0 Å². The third kappa shape index (κ3) is 2.13. The predicted molar refractivity (Wildman–Crippen MR) is 40.3 cm³/mol. The molecule has 1 aromatic rings. The van der Waals surface area contributed by atoms with Gasteiger partial charge < -0.3 is 9.25 Å². The lowest BCUT2D eigenvalue weighted by atomic mass is 10.3. The third-order valence-corrected chi connectivity index (χ3v) is 1.50. The van der Waals surface area contributed by atoms with E-state index in [1.54, 1.807) is 6.26 Å². The molecule has 4 heteroatoms. The second-order valence-corrected chi connectivity index (χ2v) is 2.77. The molecule has 0 radical (unpaired) electrons. The van der Waals surface area contributed by atoms with E-state index in [2.05, 4.69) is 20.8 Å². The predicted octanol–water partition coefficient (Wildman–Crippen LogP) is 1.47. The summed E-state index contributed by atoms with van der Waals surface area (Å²) in [5, 5.41) is 0. The lowest BCUT2D eigenvalue weighted by Gasteiger charge is -1.91. The van der Waals surface area contributed by atoms with Crippen molar-refractivity contribution in [3.8, 4) is 0 Å². The average molecular weight is 206 g/mol. The molecule has 1 aromatic heterocycles. The van der Waals surface area contributed by atoms with Gasteiger partial charge in [0.15, 0.2) is 0 Å². The number of rotatable bonds is 3. The summed E-state index contributed by atoms with van der Waals surface area (Å²) in [6.07, 6.45) is 2.34. The highest BCUT2D eigenvalue weighted by molar-refractivity contribution is 9.10. The number of halogens is 1. The Morgan fingerprint density at radius 2 is 2.50 bits per heavy atom. The van der Waals surface area contributed by atoms with Crippen LogP contribution in [0.3, 0.4) is 0 Å². The Labute approximate surface area is 67.2 Å². The summed E-state index contributed by atoms with van der Waals surface area (Å²) in [5.41, 5.74) is 0. The lowest BCUT2D eigenvalue weighted by molar-refractivity contribution is 0.137. The summed E-state index contributed by atoms with van der Waals surface area (Å²) in [6, 6.07) is 1.89. The molecule has 0 aliphatic heterocycles. The van der Waals surface area contributed by atoms with Gasteiger partial charge in [-0.2, -0.15) is 0 Å². The van der Waals surface area contributed by atoms with Crippen molar-refractivity contribution in [3.63, 3.8) is 0 Å². The van der Waals surface area contributed by atoms with E-state index < -0.39 is 0 Å². The topological polar surface area (TPSA) is 48.4 Å². The van der Waals surface area contributed by atoms with Crippen molar-refractivity contribution in [2.24, 2.45) is 5.90 Å². The van der Waals surface area contributed by atoms with E-state index in [4.69, 9.17) is 10.3 Å². The van der Waals surface area contributed by atoms with E-state index in [0.717, 1.165) is 10.2 Å². The van der Waals surface area contributed by atoms with Gasteiger partial charge >= 0.3 is 0 Å². The molecule has 0 atom stereocenters. The fraction of sp³-hybridized carbons (Fsp3) is 0.333. The molecule has 0 aromatic carbocycles. The van der Waals surface area contributed by atoms with Gasteiger partial charge in [-0.05, 0) is 22.0 Å². The molecule has 0 fully saturated rings. The number of hydrogen-bond acceptors (Lipinski definition) is 3. The Morgan fingerprint density at radius 3 is 3.00 bits per heavy atom. The van der Waals surface area contributed by atoms with Crippen LogP contribution in [-0.4, -0.2) is 6.61 Å². The van der Waals surface area contributed by atoms with Crippen LogP contribution in [0.5, 0.6) is 0 Å². The SMILES string of the molecule is NOCCc1cc(Br)co1. The largest absolute Gasteiger partial charge is 0.468 e. The van der Waals surface area contributed by atoms with E-state index in [0.29, 0.717) is 13.0 Å². The first-order valence-electron chi connectivity index (χ1n) is 2.87. The minimum atomic E-state index is 0.486. The monoisotopic (exact) mass is 205 g/mol. The first kappa shape index (κ1) is 7.78. The van der Waals surface area contributed by atoms with E-state index >= 15 is 0 Å². The molecule has 0 saturated carbocycles. The molecule has 3 nitrogen and oxygen atoms in total. The van der Waals surface area contributed by atoms with Crippen molar-refractivity contribution < 1.29 is 9.25 Å². The maximum absolute atomic E-state index is 5.08. The molecule has 1 heterocycles. The maximum Gasteiger partial charge on any atom is 0.107 e. The number of hydrogen-bond donors (Lipinski definition) is 1. The molecule has 2 N–H and O–H groups in total. The van der Waals surface area contributed by atoms with Gasteiger partial charge in [-0.1, -0.05) is 0 Å². The molecule has 0 amide bonds. The lowest BCUT2D eigenvalue weighted by Crippen LogP contribution is -2.02. The Morgan fingerprint density at radius 1 is 1.70 bits per heavy atom. The summed E-state index contributed by atoms with van der Waals surface area (Å²) in [4.78, 5) is 4.38. The van der Waals surface area contributed by atoms with Crippen LogP contribution in [0, 0.1) is 0 Å². The van der Waals surface area contributed by atoms with Gasteiger partial charge in [0.05, 0.1) is 11.1 Å². The zero-order valence-corrected chi connectivity index (χ0v) is 6.93. The highest BCUT2D eigenvalue weighted by atomic mass is 79.9. The molecule has 0 aliphatic carbocycles. The van der Waals surface area contributed by atoms with E-state index in [1.165, 1.54) is 0 Å². The fourth-order valence-corrected chi connectivity index (χ4v) is 0.993. The van der Waals surface area contributed by atoms with Crippen molar-refractivity contribution >= 4 is 15.9 Å². The van der Waals surface area contributed by atoms with Crippen molar-refractivity contribution in [1.29, 1.82) is 0 Å². The van der Waals surface area contributed by atoms with E-state index in [-0.39, 0.29) is 0 Å². The third-order valence-electron chi connectivity index (χ3n) is 1.09. The number of furan rings is 1.